The summed E-state index contributed by atoms with van der Waals surface area (Å²) in [7, 11) is 1.69. The molecule has 4 aromatic rings. The van der Waals surface area contributed by atoms with E-state index in [-0.39, 0.29) is 44.9 Å². The summed E-state index contributed by atoms with van der Waals surface area (Å²) in [4.78, 5) is 30.6. The summed E-state index contributed by atoms with van der Waals surface area (Å²) in [5.74, 6) is 2.59. The molecule has 0 radical (unpaired) electrons. The standard InChI is InChI=1S/C25H28N9O5.Pd/c1-32-15-28-24(34(35)36)21(32)13-38-18-10-19-20(26-12-18)11-22(33-6-8-37-9-7-33)30-25(19)39-17-4-2-16(3-5-17)23-27-14-29-31-23;/h10-12,14-17H,2-9,13H2,1H3;/q-1;. The van der Waals surface area contributed by atoms with Crippen molar-refractivity contribution in [2.75, 3.05) is 31.2 Å². The van der Waals surface area contributed by atoms with Gasteiger partial charge in [0.25, 0.3) is 0 Å². The van der Waals surface area contributed by atoms with Crippen LogP contribution in [0.15, 0.2) is 31.0 Å². The molecule has 14 nitrogen and oxygen atoms in total. The van der Waals surface area contributed by atoms with Crippen molar-refractivity contribution in [3.05, 3.63) is 52.6 Å². The van der Waals surface area contributed by atoms with Crippen molar-refractivity contribution >= 4 is 22.5 Å². The average molecular weight is 641 g/mol. The van der Waals surface area contributed by atoms with E-state index in [9.17, 15) is 10.1 Å². The Labute approximate surface area is 243 Å². The molecule has 0 spiro atoms. The summed E-state index contributed by atoms with van der Waals surface area (Å²) in [6, 6.07) is 3.77. The second kappa shape index (κ2) is 12.2. The predicted molar refractivity (Wildman–Crippen MR) is 138 cm³/mol. The van der Waals surface area contributed by atoms with E-state index >= 15 is 0 Å². The predicted octanol–water partition coefficient (Wildman–Crippen LogP) is 2.54. The van der Waals surface area contributed by atoms with Crippen molar-refractivity contribution in [2.45, 2.75) is 44.3 Å². The number of anilines is 1. The number of morpholine rings is 1. The van der Waals surface area contributed by atoms with E-state index in [1.807, 2.05) is 12.1 Å². The minimum atomic E-state index is -0.518. The van der Waals surface area contributed by atoms with Gasteiger partial charge in [0, 0.05) is 46.6 Å². The topological polar surface area (TPSA) is 158 Å². The van der Waals surface area contributed by atoms with Crippen molar-refractivity contribution in [2.24, 2.45) is 7.05 Å². The minimum absolute atomic E-state index is 0. The number of aromatic nitrogens is 7. The van der Waals surface area contributed by atoms with Gasteiger partial charge in [0.05, 0.1) is 30.3 Å². The Bertz CT molecular complexity index is 1450. The minimum Gasteiger partial charge on any atom is -0.485 e. The Kier molecular flexibility index (Phi) is 8.53. The maximum absolute atomic E-state index is 11.3. The first-order valence-electron chi connectivity index (χ1n) is 12.9. The zero-order chi connectivity index (χ0) is 26.8. The summed E-state index contributed by atoms with van der Waals surface area (Å²) in [6.45, 7) is 2.72. The number of pyridine rings is 2. The average Bonchev–Trinajstić information content (AvgIpc) is 3.63. The Hall–Kier alpha value is -3.67. The van der Waals surface area contributed by atoms with Crippen LogP contribution in [0.3, 0.4) is 0 Å². The van der Waals surface area contributed by atoms with Crippen molar-refractivity contribution in [1.29, 1.82) is 0 Å². The fourth-order valence-electron chi connectivity index (χ4n) is 5.08. The van der Waals surface area contributed by atoms with Crippen LogP contribution >= 0.6 is 0 Å². The quantitative estimate of drug-likeness (QED) is 0.158. The van der Waals surface area contributed by atoms with Crippen molar-refractivity contribution in [3.8, 4) is 11.6 Å². The molecule has 0 aromatic carbocycles. The fourth-order valence-corrected chi connectivity index (χ4v) is 5.08. The summed E-state index contributed by atoms with van der Waals surface area (Å²) in [6.07, 6.45) is 7.99. The molecule has 5 heterocycles. The maximum Gasteiger partial charge on any atom is 0.388 e. The SMILES string of the molecule is Cn1cnc([N+](=O)[O-])c1COc1cnc2cc(N3CCOCC3)nc(OC3CCC(c4nnc[n-]4)CC3)c2c1.[Pd]. The molecule has 214 valence electrons. The third-order valence-electron chi connectivity index (χ3n) is 7.25. The maximum atomic E-state index is 11.3. The van der Waals surface area contributed by atoms with Gasteiger partial charge in [0.1, 0.15) is 24.3 Å². The number of hydrogen-bond acceptors (Lipinski definition) is 11. The van der Waals surface area contributed by atoms with Crippen LogP contribution in [-0.2, 0) is 38.8 Å². The van der Waals surface area contributed by atoms with Gasteiger partial charge < -0.3 is 49.0 Å². The molecule has 2 aliphatic rings. The van der Waals surface area contributed by atoms with E-state index < -0.39 is 4.92 Å². The third-order valence-corrected chi connectivity index (χ3v) is 7.25. The van der Waals surface area contributed by atoms with Crippen molar-refractivity contribution in [3.63, 3.8) is 0 Å². The van der Waals surface area contributed by atoms with Crippen LogP contribution in [0.4, 0.5) is 11.6 Å². The van der Waals surface area contributed by atoms with Crippen molar-refractivity contribution < 1.29 is 39.6 Å². The molecule has 1 aliphatic carbocycles. The van der Waals surface area contributed by atoms with Gasteiger partial charge in [-0.25, -0.2) is 0 Å². The van der Waals surface area contributed by atoms with E-state index in [1.165, 1.54) is 12.7 Å². The first kappa shape index (κ1) is 27.9. The zero-order valence-electron chi connectivity index (χ0n) is 21.8. The molecule has 1 saturated heterocycles. The van der Waals surface area contributed by atoms with Gasteiger partial charge in [-0.2, -0.15) is 4.98 Å². The van der Waals surface area contributed by atoms with Crippen LogP contribution in [0.1, 0.15) is 43.1 Å². The number of nitrogens with zero attached hydrogens (tertiary/aromatic N) is 9. The Morgan fingerprint density at radius 1 is 1.18 bits per heavy atom. The molecule has 2 fully saturated rings. The molecule has 0 atom stereocenters. The van der Waals surface area contributed by atoms with Crippen LogP contribution in [0, 0.1) is 10.1 Å². The fraction of sp³-hybridized carbons (Fsp3) is 0.480. The molecular formula is C25H28N9O5Pd-. The zero-order valence-corrected chi connectivity index (χ0v) is 23.3. The molecule has 0 unspecified atom stereocenters. The van der Waals surface area contributed by atoms with Crippen LogP contribution < -0.4 is 19.4 Å². The van der Waals surface area contributed by atoms with Crippen molar-refractivity contribution in [1.82, 2.24) is 34.7 Å². The summed E-state index contributed by atoms with van der Waals surface area (Å²) < 4.78 is 19.5. The van der Waals surface area contributed by atoms with E-state index in [0.717, 1.165) is 61.3 Å². The number of nitro groups is 1. The number of rotatable bonds is 8. The number of ether oxygens (including phenoxy) is 3. The van der Waals surface area contributed by atoms with E-state index in [1.54, 1.807) is 17.8 Å². The van der Waals surface area contributed by atoms with Gasteiger partial charge in [-0.05, 0) is 59.7 Å². The summed E-state index contributed by atoms with van der Waals surface area (Å²) >= 11 is 0. The smallest absolute Gasteiger partial charge is 0.388 e. The van der Waals surface area contributed by atoms with Gasteiger partial charge in [-0.15, -0.1) is 0 Å². The Balaban J connectivity index is 0.00000323. The first-order valence-corrected chi connectivity index (χ1v) is 12.9. The number of fused-ring (bicyclic) bond motifs is 1. The number of imidazole rings is 1. The van der Waals surface area contributed by atoms with Crippen LogP contribution in [-0.4, -0.2) is 67.0 Å². The first-order chi connectivity index (χ1) is 19.0. The number of aryl methyl sites for hydroxylation is 1. The second-order valence-electron chi connectivity index (χ2n) is 9.70. The number of hydrogen-bond donors (Lipinski definition) is 0. The van der Waals surface area contributed by atoms with E-state index in [0.29, 0.717) is 30.5 Å². The second-order valence-corrected chi connectivity index (χ2v) is 9.70. The molecule has 0 bridgehead atoms. The van der Waals surface area contributed by atoms with E-state index in [2.05, 4.69) is 30.0 Å². The molecule has 1 aliphatic heterocycles. The molecule has 1 saturated carbocycles. The van der Waals surface area contributed by atoms with Crippen LogP contribution in [0.5, 0.6) is 11.6 Å². The Morgan fingerprint density at radius 2 is 1.98 bits per heavy atom. The molecule has 0 amide bonds. The molecule has 0 N–H and O–H groups in total. The molecular weight excluding hydrogens is 613 g/mol. The Morgan fingerprint density at radius 3 is 2.70 bits per heavy atom. The third kappa shape index (κ3) is 5.91. The van der Waals surface area contributed by atoms with Crippen LogP contribution in [0.2, 0.25) is 0 Å². The summed E-state index contributed by atoms with van der Waals surface area (Å²) in [5.41, 5.74) is 1.09. The van der Waals surface area contributed by atoms with Crippen LogP contribution in [0.25, 0.3) is 10.9 Å². The summed E-state index contributed by atoms with van der Waals surface area (Å²) in [5, 5.41) is 20.0. The monoisotopic (exact) mass is 640 g/mol. The van der Waals surface area contributed by atoms with Gasteiger partial charge in [-0.1, -0.05) is 0 Å². The molecule has 4 aromatic heterocycles. The largest absolute Gasteiger partial charge is 0.485 e. The normalized spacial score (nSPS) is 19.3. The van der Waals surface area contributed by atoms with Gasteiger partial charge in [-0.3, -0.25) is 4.98 Å². The van der Waals surface area contributed by atoms with Gasteiger partial charge in [0.15, 0.2) is 5.69 Å². The molecule has 40 heavy (non-hydrogen) atoms. The van der Waals surface area contributed by atoms with Gasteiger partial charge in [0.2, 0.25) is 12.2 Å². The van der Waals surface area contributed by atoms with E-state index in [4.69, 9.17) is 19.2 Å². The van der Waals surface area contributed by atoms with Gasteiger partial charge >= 0.3 is 5.82 Å². The molecule has 6 rings (SSSR count). The molecule has 15 heteroatoms.